The highest BCUT2D eigenvalue weighted by Crippen LogP contribution is 2.32. The topological polar surface area (TPSA) is 114 Å². The monoisotopic (exact) mass is 553 g/mol. The highest BCUT2D eigenvalue weighted by molar-refractivity contribution is 7.89. The van der Waals surface area contributed by atoms with Crippen molar-refractivity contribution in [3.63, 3.8) is 0 Å². The lowest BCUT2D eigenvalue weighted by Crippen LogP contribution is -2.47. The number of aryl methyl sites for hydroxylation is 2. The zero-order valence-corrected chi connectivity index (χ0v) is 23.5. The molecule has 2 saturated heterocycles. The van der Waals surface area contributed by atoms with Crippen molar-refractivity contribution in [3.8, 4) is 11.8 Å². The number of hydrogen-bond acceptors (Lipinski definition) is 10. The summed E-state index contributed by atoms with van der Waals surface area (Å²) in [4.78, 5) is 22.3. The van der Waals surface area contributed by atoms with E-state index in [-0.39, 0.29) is 18.7 Å². The Kier molecular flexibility index (Phi) is 8.12. The maximum absolute atomic E-state index is 13.8. The Morgan fingerprint density at radius 3 is 2.31 bits per heavy atom. The molecule has 208 valence electrons. The molecule has 11 nitrogen and oxygen atoms in total. The van der Waals surface area contributed by atoms with Crippen LogP contribution in [0.25, 0.3) is 0 Å². The molecular weight excluding hydrogens is 518 g/mol. The van der Waals surface area contributed by atoms with Gasteiger partial charge in [-0.25, -0.2) is 23.4 Å². The molecule has 1 unspecified atom stereocenters. The molecule has 0 amide bonds. The third-order valence-corrected chi connectivity index (χ3v) is 9.53. The molecule has 2 aliphatic rings. The molecule has 0 N–H and O–H groups in total. The molecule has 2 aliphatic heterocycles. The number of sulfonamides is 1. The quantitative estimate of drug-likeness (QED) is 0.413. The largest absolute Gasteiger partial charge is 0.497 e. The van der Waals surface area contributed by atoms with Crippen molar-refractivity contribution < 1.29 is 17.9 Å². The van der Waals surface area contributed by atoms with Crippen molar-refractivity contribution >= 4 is 21.8 Å². The molecule has 5 rings (SSSR count). The average molecular weight is 554 g/mol. The first kappa shape index (κ1) is 27.1. The number of benzene rings is 1. The van der Waals surface area contributed by atoms with Gasteiger partial charge in [0, 0.05) is 51.3 Å². The van der Waals surface area contributed by atoms with Crippen LogP contribution in [0, 0.1) is 13.8 Å². The van der Waals surface area contributed by atoms with Crippen LogP contribution < -0.4 is 19.3 Å². The van der Waals surface area contributed by atoms with Gasteiger partial charge in [0.25, 0.3) is 0 Å². The summed E-state index contributed by atoms with van der Waals surface area (Å²) in [6.45, 7) is 7.36. The lowest BCUT2D eigenvalue weighted by Gasteiger charge is -2.35. The highest BCUT2D eigenvalue weighted by atomic mass is 32.2. The van der Waals surface area contributed by atoms with Crippen molar-refractivity contribution in [1.29, 1.82) is 0 Å². The smallest absolute Gasteiger partial charge is 0.318 e. The van der Waals surface area contributed by atoms with E-state index in [2.05, 4.69) is 29.7 Å². The second-order valence-electron chi connectivity index (χ2n) is 9.89. The maximum Gasteiger partial charge on any atom is 0.318 e. The summed E-state index contributed by atoms with van der Waals surface area (Å²) in [5.74, 6) is 2.16. The fourth-order valence-electron chi connectivity index (χ4n) is 5.35. The molecular formula is C27H35N7O4S. The summed E-state index contributed by atoms with van der Waals surface area (Å²) in [6, 6.07) is 7.16. The molecule has 12 heteroatoms. The first-order valence-electron chi connectivity index (χ1n) is 13.3. The number of methoxy groups -OCH3 is 1. The number of nitrogens with zero attached hydrogens (tertiary/aromatic N) is 7. The molecule has 0 radical (unpaired) electrons. The van der Waals surface area contributed by atoms with Crippen LogP contribution >= 0.6 is 0 Å². The van der Waals surface area contributed by atoms with Crippen molar-refractivity contribution in [2.24, 2.45) is 0 Å². The van der Waals surface area contributed by atoms with Crippen LogP contribution in [-0.4, -0.2) is 85.1 Å². The van der Waals surface area contributed by atoms with Gasteiger partial charge in [0.1, 0.15) is 18.2 Å². The molecule has 39 heavy (non-hydrogen) atoms. The maximum atomic E-state index is 13.8. The van der Waals surface area contributed by atoms with E-state index in [0.29, 0.717) is 28.3 Å². The first-order valence-corrected chi connectivity index (χ1v) is 14.7. The SMILES string of the molecule is COc1cc(C)c(S(=O)(=O)N2CCCCC2COc2nccc(N3CCN(c4ncccn4)CC3)n2)c(C)c1. The van der Waals surface area contributed by atoms with Gasteiger partial charge in [-0.3, -0.25) is 0 Å². The molecule has 4 heterocycles. The van der Waals surface area contributed by atoms with Crippen LogP contribution in [0.4, 0.5) is 11.8 Å². The lowest BCUT2D eigenvalue weighted by atomic mass is 10.1. The van der Waals surface area contributed by atoms with Gasteiger partial charge < -0.3 is 19.3 Å². The summed E-state index contributed by atoms with van der Waals surface area (Å²) < 4.78 is 40.6. The minimum atomic E-state index is -3.72. The normalized spacial score (nSPS) is 18.7. The van der Waals surface area contributed by atoms with E-state index in [9.17, 15) is 8.42 Å². The zero-order valence-electron chi connectivity index (χ0n) is 22.7. The summed E-state index contributed by atoms with van der Waals surface area (Å²) >= 11 is 0. The Morgan fingerprint density at radius 2 is 1.62 bits per heavy atom. The first-order chi connectivity index (χ1) is 18.9. The summed E-state index contributed by atoms with van der Waals surface area (Å²) in [7, 11) is -2.14. The molecule has 0 saturated carbocycles. The van der Waals surface area contributed by atoms with Crippen molar-refractivity contribution in [1.82, 2.24) is 24.2 Å². The standard InChI is InChI=1S/C27H35N7O4S/c1-20-17-23(37-3)18-21(2)25(20)39(35,36)34-12-5-4-7-22(34)19-38-27-30-11-8-24(31-27)32-13-15-33(16-14-32)26-28-9-6-10-29-26/h6,8-11,17-18,22H,4-5,7,12-16,19H2,1-3H3. The average Bonchev–Trinajstić information content (AvgIpc) is 2.96. The predicted octanol–water partition coefficient (Wildman–Crippen LogP) is 2.84. The van der Waals surface area contributed by atoms with Crippen LogP contribution in [0.2, 0.25) is 0 Å². The number of rotatable bonds is 8. The number of piperidine rings is 1. The summed E-state index contributed by atoms with van der Waals surface area (Å²) in [5, 5.41) is 0. The predicted molar refractivity (Wildman–Crippen MR) is 148 cm³/mol. The van der Waals surface area contributed by atoms with E-state index in [4.69, 9.17) is 9.47 Å². The van der Waals surface area contributed by atoms with Gasteiger partial charge in [-0.1, -0.05) is 6.42 Å². The number of ether oxygens (including phenoxy) is 2. The van der Waals surface area contributed by atoms with Gasteiger partial charge in [-0.05, 0) is 62.1 Å². The van der Waals surface area contributed by atoms with E-state index in [1.54, 1.807) is 42.1 Å². The minimum Gasteiger partial charge on any atom is -0.497 e. The van der Waals surface area contributed by atoms with Gasteiger partial charge in [0.2, 0.25) is 16.0 Å². The van der Waals surface area contributed by atoms with Gasteiger partial charge in [0.05, 0.1) is 18.0 Å². The molecule has 0 aliphatic carbocycles. The van der Waals surface area contributed by atoms with E-state index in [1.807, 2.05) is 26.0 Å². The number of aromatic nitrogens is 4. The van der Waals surface area contributed by atoms with E-state index >= 15 is 0 Å². The van der Waals surface area contributed by atoms with Crippen molar-refractivity contribution in [2.75, 3.05) is 56.2 Å². The van der Waals surface area contributed by atoms with Gasteiger partial charge in [0.15, 0.2) is 0 Å². The van der Waals surface area contributed by atoms with E-state index in [0.717, 1.165) is 57.2 Å². The molecule has 2 fully saturated rings. The molecule has 0 bridgehead atoms. The van der Waals surface area contributed by atoms with Gasteiger partial charge in [-0.2, -0.15) is 9.29 Å². The molecule has 2 aromatic heterocycles. The second-order valence-corrected chi connectivity index (χ2v) is 11.7. The molecule has 0 spiro atoms. The summed E-state index contributed by atoms with van der Waals surface area (Å²) in [5.41, 5.74) is 1.35. The third kappa shape index (κ3) is 5.91. The van der Waals surface area contributed by atoms with Crippen molar-refractivity contribution in [2.45, 2.75) is 44.0 Å². The Balaban J connectivity index is 1.25. The molecule has 1 aromatic carbocycles. The Morgan fingerprint density at radius 1 is 0.923 bits per heavy atom. The second kappa shape index (κ2) is 11.7. The number of hydrogen-bond donors (Lipinski definition) is 0. The van der Waals surface area contributed by atoms with E-state index < -0.39 is 10.0 Å². The van der Waals surface area contributed by atoms with Crippen LogP contribution in [0.1, 0.15) is 30.4 Å². The third-order valence-electron chi connectivity index (χ3n) is 7.27. The fraction of sp³-hybridized carbons (Fsp3) is 0.481. The zero-order chi connectivity index (χ0) is 27.4. The lowest BCUT2D eigenvalue weighted by molar-refractivity contribution is 0.161. The Hall–Kier alpha value is -3.51. The van der Waals surface area contributed by atoms with Crippen LogP contribution in [0.5, 0.6) is 11.8 Å². The van der Waals surface area contributed by atoms with Gasteiger partial charge in [-0.15, -0.1) is 0 Å². The Labute approximate surface area is 229 Å². The van der Waals surface area contributed by atoms with Crippen LogP contribution in [-0.2, 0) is 10.0 Å². The van der Waals surface area contributed by atoms with Gasteiger partial charge >= 0.3 is 6.01 Å². The molecule has 3 aromatic rings. The van der Waals surface area contributed by atoms with Crippen LogP contribution in [0.3, 0.4) is 0 Å². The fourth-order valence-corrected chi connectivity index (χ4v) is 7.44. The van der Waals surface area contributed by atoms with Crippen molar-refractivity contribution in [3.05, 3.63) is 54.0 Å². The minimum absolute atomic E-state index is 0.191. The Bertz CT molecular complexity index is 1360. The highest BCUT2D eigenvalue weighted by Gasteiger charge is 2.36. The number of anilines is 2. The van der Waals surface area contributed by atoms with E-state index in [1.165, 1.54) is 0 Å². The summed E-state index contributed by atoms with van der Waals surface area (Å²) in [6.07, 6.45) is 7.66. The van der Waals surface area contributed by atoms with Crippen LogP contribution in [0.15, 0.2) is 47.8 Å². The molecule has 1 atom stereocenters. The number of piperazine rings is 1.